The lowest BCUT2D eigenvalue weighted by molar-refractivity contribution is 0.576. The highest BCUT2D eigenvalue weighted by Crippen LogP contribution is 2.07. The Kier molecular flexibility index (Phi) is 5.78. The summed E-state index contributed by atoms with van der Waals surface area (Å²) in [6.45, 7) is 1.19. The van der Waals surface area contributed by atoms with Crippen molar-refractivity contribution in [2.75, 3.05) is 20.1 Å². The smallest absolute Gasteiger partial charge is 0.215 e. The minimum absolute atomic E-state index is 0.0952. The molecule has 0 radical (unpaired) electrons. The van der Waals surface area contributed by atoms with Crippen molar-refractivity contribution in [1.82, 2.24) is 10.0 Å². The van der Waals surface area contributed by atoms with Crippen LogP contribution in [0.15, 0.2) is 24.3 Å². The molecule has 18 heavy (non-hydrogen) atoms. The highest BCUT2D eigenvalue weighted by molar-refractivity contribution is 7.88. The highest BCUT2D eigenvalue weighted by atomic mass is 32.2. The number of rotatable bonds is 7. The first-order valence-electron chi connectivity index (χ1n) is 5.68. The third-order valence-corrected chi connectivity index (χ3v) is 3.70. The quantitative estimate of drug-likeness (QED) is 0.708. The second-order valence-electron chi connectivity index (χ2n) is 3.92. The van der Waals surface area contributed by atoms with Gasteiger partial charge in [0.2, 0.25) is 10.0 Å². The van der Waals surface area contributed by atoms with Crippen LogP contribution in [0.1, 0.15) is 17.5 Å². The maximum absolute atomic E-state index is 11.7. The second-order valence-corrected chi connectivity index (χ2v) is 5.73. The standard InChI is InChI=1S/C12H17N3O2S/c1-14-6-3-7-15-18(16,17)10-12-5-2-4-11(8-12)9-13/h2,4-5,8,14-15H,3,6-7,10H2,1H3. The summed E-state index contributed by atoms with van der Waals surface area (Å²) in [5, 5.41) is 11.7. The molecule has 5 nitrogen and oxygen atoms in total. The molecule has 0 aromatic heterocycles. The molecule has 0 saturated heterocycles. The van der Waals surface area contributed by atoms with Gasteiger partial charge in [0.05, 0.1) is 17.4 Å². The monoisotopic (exact) mass is 267 g/mol. The first-order valence-corrected chi connectivity index (χ1v) is 7.33. The molecule has 0 amide bonds. The van der Waals surface area contributed by atoms with Crippen molar-refractivity contribution in [2.45, 2.75) is 12.2 Å². The fraction of sp³-hybridized carbons (Fsp3) is 0.417. The topological polar surface area (TPSA) is 82.0 Å². The summed E-state index contributed by atoms with van der Waals surface area (Å²) in [7, 11) is -1.51. The van der Waals surface area contributed by atoms with Gasteiger partial charge in [0, 0.05) is 6.54 Å². The molecular weight excluding hydrogens is 250 g/mol. The number of sulfonamides is 1. The molecule has 0 fully saturated rings. The number of nitrogens with zero attached hydrogens (tertiary/aromatic N) is 1. The van der Waals surface area contributed by atoms with Gasteiger partial charge in [-0.15, -0.1) is 0 Å². The molecule has 1 aromatic carbocycles. The van der Waals surface area contributed by atoms with Gasteiger partial charge >= 0.3 is 0 Å². The molecule has 0 saturated carbocycles. The van der Waals surface area contributed by atoms with Crippen LogP contribution < -0.4 is 10.0 Å². The normalized spacial score (nSPS) is 11.1. The van der Waals surface area contributed by atoms with Crippen molar-refractivity contribution in [3.63, 3.8) is 0 Å². The van der Waals surface area contributed by atoms with Crippen molar-refractivity contribution in [3.8, 4) is 6.07 Å². The van der Waals surface area contributed by atoms with E-state index in [2.05, 4.69) is 10.0 Å². The van der Waals surface area contributed by atoms with Gasteiger partial charge in [-0.05, 0) is 37.7 Å². The molecule has 0 heterocycles. The van der Waals surface area contributed by atoms with Crippen LogP contribution in [0.4, 0.5) is 0 Å². The summed E-state index contributed by atoms with van der Waals surface area (Å²) < 4.78 is 26.0. The molecule has 0 spiro atoms. The first kappa shape index (κ1) is 14.6. The van der Waals surface area contributed by atoms with E-state index in [4.69, 9.17) is 5.26 Å². The van der Waals surface area contributed by atoms with Crippen LogP contribution in [0.3, 0.4) is 0 Å². The Balaban J connectivity index is 2.57. The molecule has 1 aromatic rings. The Morgan fingerprint density at radius 1 is 1.33 bits per heavy atom. The lowest BCUT2D eigenvalue weighted by atomic mass is 10.2. The van der Waals surface area contributed by atoms with E-state index in [1.54, 1.807) is 24.3 Å². The third kappa shape index (κ3) is 5.27. The van der Waals surface area contributed by atoms with Gasteiger partial charge in [-0.2, -0.15) is 5.26 Å². The van der Waals surface area contributed by atoms with Gasteiger partial charge in [-0.25, -0.2) is 13.1 Å². The van der Waals surface area contributed by atoms with Crippen molar-refractivity contribution < 1.29 is 8.42 Å². The van der Waals surface area contributed by atoms with E-state index in [-0.39, 0.29) is 5.75 Å². The Hall–Kier alpha value is -1.42. The minimum Gasteiger partial charge on any atom is -0.320 e. The Morgan fingerprint density at radius 3 is 2.78 bits per heavy atom. The van der Waals surface area contributed by atoms with E-state index in [0.717, 1.165) is 13.0 Å². The van der Waals surface area contributed by atoms with E-state index < -0.39 is 10.0 Å². The number of hydrogen-bond donors (Lipinski definition) is 2. The lowest BCUT2D eigenvalue weighted by Crippen LogP contribution is -2.27. The van der Waals surface area contributed by atoms with Gasteiger partial charge in [0.1, 0.15) is 0 Å². The molecular formula is C12H17N3O2S. The largest absolute Gasteiger partial charge is 0.320 e. The molecule has 98 valence electrons. The second kappa shape index (κ2) is 7.11. The number of nitriles is 1. The highest BCUT2D eigenvalue weighted by Gasteiger charge is 2.10. The zero-order chi connectivity index (χ0) is 13.4. The van der Waals surface area contributed by atoms with E-state index in [9.17, 15) is 8.42 Å². The van der Waals surface area contributed by atoms with E-state index in [1.807, 2.05) is 13.1 Å². The molecule has 0 unspecified atom stereocenters. The van der Waals surface area contributed by atoms with E-state index in [0.29, 0.717) is 17.7 Å². The summed E-state index contributed by atoms with van der Waals surface area (Å²) in [5.74, 6) is -0.0952. The molecule has 0 aliphatic heterocycles. The Labute approximate surface area is 108 Å². The summed E-state index contributed by atoms with van der Waals surface area (Å²) in [6.07, 6.45) is 0.744. The van der Waals surface area contributed by atoms with Gasteiger partial charge < -0.3 is 5.32 Å². The summed E-state index contributed by atoms with van der Waals surface area (Å²) >= 11 is 0. The third-order valence-electron chi connectivity index (χ3n) is 2.34. The summed E-state index contributed by atoms with van der Waals surface area (Å²) in [5.41, 5.74) is 1.09. The van der Waals surface area contributed by atoms with Crippen LogP contribution in [0, 0.1) is 11.3 Å². The summed E-state index contributed by atoms with van der Waals surface area (Å²) in [6, 6.07) is 8.62. The average molecular weight is 267 g/mol. The molecule has 1 rings (SSSR count). The fourth-order valence-corrected chi connectivity index (χ4v) is 2.67. The van der Waals surface area contributed by atoms with Crippen LogP contribution >= 0.6 is 0 Å². The molecule has 6 heteroatoms. The summed E-state index contributed by atoms with van der Waals surface area (Å²) in [4.78, 5) is 0. The van der Waals surface area contributed by atoms with Crippen LogP contribution in [-0.4, -0.2) is 28.6 Å². The van der Waals surface area contributed by atoms with Crippen LogP contribution in [0.25, 0.3) is 0 Å². The van der Waals surface area contributed by atoms with Gasteiger partial charge in [-0.3, -0.25) is 0 Å². The molecule has 0 bridgehead atoms. The van der Waals surface area contributed by atoms with E-state index >= 15 is 0 Å². The van der Waals surface area contributed by atoms with Crippen LogP contribution in [-0.2, 0) is 15.8 Å². The van der Waals surface area contributed by atoms with Gasteiger partial charge in [0.15, 0.2) is 0 Å². The average Bonchev–Trinajstić information content (AvgIpc) is 2.34. The van der Waals surface area contributed by atoms with Crippen molar-refractivity contribution in [3.05, 3.63) is 35.4 Å². The van der Waals surface area contributed by atoms with Gasteiger partial charge in [-0.1, -0.05) is 12.1 Å². The zero-order valence-electron chi connectivity index (χ0n) is 10.3. The van der Waals surface area contributed by atoms with Crippen molar-refractivity contribution in [2.24, 2.45) is 0 Å². The first-order chi connectivity index (χ1) is 8.57. The predicted octanol–water partition coefficient (Wildman–Crippen LogP) is 0.587. The minimum atomic E-state index is -3.33. The van der Waals surface area contributed by atoms with Crippen molar-refractivity contribution in [1.29, 1.82) is 5.26 Å². The van der Waals surface area contributed by atoms with Crippen molar-refractivity contribution >= 4 is 10.0 Å². The SMILES string of the molecule is CNCCCNS(=O)(=O)Cc1cccc(C#N)c1. The maximum Gasteiger partial charge on any atom is 0.215 e. The van der Waals surface area contributed by atoms with Gasteiger partial charge in [0.25, 0.3) is 0 Å². The Morgan fingerprint density at radius 2 is 2.11 bits per heavy atom. The zero-order valence-corrected chi connectivity index (χ0v) is 11.1. The lowest BCUT2D eigenvalue weighted by Gasteiger charge is -2.06. The Bertz CT molecular complexity index is 520. The molecule has 0 aliphatic rings. The van der Waals surface area contributed by atoms with Crippen LogP contribution in [0.5, 0.6) is 0 Å². The predicted molar refractivity (Wildman–Crippen MR) is 70.3 cm³/mol. The number of benzene rings is 1. The maximum atomic E-state index is 11.7. The molecule has 0 aliphatic carbocycles. The number of nitrogens with one attached hydrogen (secondary N) is 2. The van der Waals surface area contributed by atoms with Crippen LogP contribution in [0.2, 0.25) is 0 Å². The molecule has 0 atom stereocenters. The van der Waals surface area contributed by atoms with E-state index in [1.165, 1.54) is 0 Å². The number of hydrogen-bond acceptors (Lipinski definition) is 4. The molecule has 2 N–H and O–H groups in total. The fourth-order valence-electron chi connectivity index (χ4n) is 1.49.